The van der Waals surface area contributed by atoms with Crippen molar-refractivity contribution in [3.63, 3.8) is 0 Å². The van der Waals surface area contributed by atoms with Gasteiger partial charge in [-0.15, -0.1) is 0 Å². The van der Waals surface area contributed by atoms with E-state index in [1.54, 1.807) is 12.4 Å². The molecule has 3 aromatic heterocycles. The molecule has 242 valence electrons. The van der Waals surface area contributed by atoms with E-state index < -0.39 is 0 Å². The van der Waals surface area contributed by atoms with Gasteiger partial charge >= 0.3 is 0 Å². The van der Waals surface area contributed by atoms with E-state index in [-0.39, 0.29) is 16.7 Å². The average molecular weight is 648 g/mol. The van der Waals surface area contributed by atoms with Gasteiger partial charge < -0.3 is 4.74 Å². The summed E-state index contributed by atoms with van der Waals surface area (Å²) in [5.74, 6) is 1.94. The van der Waals surface area contributed by atoms with Gasteiger partial charge in [-0.1, -0.05) is 94.4 Å². The fourth-order valence-electron chi connectivity index (χ4n) is 8.18. The lowest BCUT2D eigenvalue weighted by Crippen LogP contribution is -2.30. The normalized spacial score (nSPS) is 15.2. The van der Waals surface area contributed by atoms with Crippen LogP contribution in [0.3, 0.4) is 0 Å². The maximum atomic E-state index is 6.68. The lowest BCUT2D eigenvalue weighted by atomic mass is 9.63. The predicted molar refractivity (Wildman–Crippen MR) is 201 cm³/mol. The molecule has 0 saturated carbocycles. The Morgan fingerprint density at radius 2 is 1.02 bits per heavy atom. The van der Waals surface area contributed by atoms with Gasteiger partial charge in [0.15, 0.2) is 0 Å². The number of benzene rings is 4. The van der Waals surface area contributed by atoms with Gasteiger partial charge in [0.2, 0.25) is 0 Å². The molecule has 0 radical (unpaired) electrons. The first-order valence-corrected chi connectivity index (χ1v) is 17.3. The molecule has 4 nitrogen and oxygen atoms in total. The third-order valence-corrected chi connectivity index (χ3v) is 10.8. The molecule has 0 atom stereocenters. The topological polar surface area (TPSA) is 47.9 Å². The quantitative estimate of drug-likeness (QED) is 0.191. The maximum absolute atomic E-state index is 6.68. The summed E-state index contributed by atoms with van der Waals surface area (Å²) < 4.78 is 6.68. The van der Waals surface area contributed by atoms with Crippen molar-refractivity contribution in [2.24, 2.45) is 0 Å². The summed E-state index contributed by atoms with van der Waals surface area (Å²) in [4.78, 5) is 13.8. The first-order chi connectivity index (χ1) is 24.3. The van der Waals surface area contributed by atoms with Crippen molar-refractivity contribution in [2.75, 3.05) is 0 Å². The van der Waals surface area contributed by atoms with Crippen molar-refractivity contribution in [2.45, 2.75) is 44.4 Å². The van der Waals surface area contributed by atoms with Gasteiger partial charge in [-0.3, -0.25) is 9.97 Å². The first-order valence-electron chi connectivity index (χ1n) is 17.3. The summed E-state index contributed by atoms with van der Waals surface area (Å²) in [6.45, 7) is 9.34. The van der Waals surface area contributed by atoms with Gasteiger partial charge in [-0.25, -0.2) is 4.98 Å². The van der Waals surface area contributed by atoms with Gasteiger partial charge in [0, 0.05) is 63.8 Å². The molecular formula is C46H37N3O. The Morgan fingerprint density at radius 3 is 1.60 bits per heavy atom. The monoisotopic (exact) mass is 647 g/mol. The zero-order valence-corrected chi connectivity index (χ0v) is 28.7. The van der Waals surface area contributed by atoms with Crippen molar-refractivity contribution in [3.8, 4) is 45.1 Å². The SMILES string of the molecule is CC1(C)c2cc(-c3cc(-c4cccnc4)nc(-c4cccnc4)c3)ccc2Oc2ccc(C3c4ccccc4C(C)(C)c4ccccc43)cc21. The van der Waals surface area contributed by atoms with Crippen LogP contribution < -0.4 is 4.74 Å². The molecule has 0 N–H and O–H groups in total. The molecule has 0 amide bonds. The number of ether oxygens (including phenoxy) is 1. The highest BCUT2D eigenvalue weighted by atomic mass is 16.5. The lowest BCUT2D eigenvalue weighted by Gasteiger charge is -2.40. The highest BCUT2D eigenvalue weighted by Gasteiger charge is 2.40. The number of hydrogen-bond donors (Lipinski definition) is 0. The predicted octanol–water partition coefficient (Wildman–Crippen LogP) is 11.1. The zero-order valence-electron chi connectivity index (χ0n) is 28.7. The van der Waals surface area contributed by atoms with Crippen LogP contribution in [0.5, 0.6) is 11.5 Å². The second-order valence-electron chi connectivity index (χ2n) is 14.5. The Hall–Kier alpha value is -5.87. The Labute approximate surface area is 293 Å². The number of hydrogen-bond acceptors (Lipinski definition) is 4. The van der Waals surface area contributed by atoms with Gasteiger partial charge in [0.25, 0.3) is 0 Å². The fourth-order valence-corrected chi connectivity index (χ4v) is 8.18. The number of nitrogens with zero attached hydrogens (tertiary/aromatic N) is 3. The molecule has 2 aliphatic rings. The highest BCUT2D eigenvalue weighted by molar-refractivity contribution is 5.78. The fraction of sp³-hybridized carbons (Fsp3) is 0.152. The van der Waals surface area contributed by atoms with E-state index in [1.807, 2.05) is 24.5 Å². The molecule has 0 saturated heterocycles. The van der Waals surface area contributed by atoms with Crippen LogP contribution in [0.2, 0.25) is 0 Å². The standard InChI is InChI=1S/C46H37N3O/c1-45(2)36-15-7-5-13-34(36)44(35-14-6-8-16-37(35)45)30-18-20-43-39(24-30)46(3,4)38-23-29(17-19-42(38)50-43)33-25-40(31-11-9-21-47-27-31)49-41(26-33)32-12-10-22-48-28-32/h5-28,44H,1-4H3. The van der Waals surface area contributed by atoms with Crippen LogP contribution in [-0.2, 0) is 10.8 Å². The van der Waals surface area contributed by atoms with E-state index in [0.717, 1.165) is 50.7 Å². The van der Waals surface area contributed by atoms with Crippen LogP contribution in [0.4, 0.5) is 0 Å². The summed E-state index contributed by atoms with van der Waals surface area (Å²) in [6, 6.07) is 43.7. The number of rotatable bonds is 4. The summed E-state index contributed by atoms with van der Waals surface area (Å²) in [7, 11) is 0. The molecule has 4 heterocycles. The molecule has 7 aromatic rings. The lowest BCUT2D eigenvalue weighted by molar-refractivity contribution is 0.417. The molecule has 0 unspecified atom stereocenters. The van der Waals surface area contributed by atoms with Crippen LogP contribution in [0, 0.1) is 0 Å². The van der Waals surface area contributed by atoms with Crippen molar-refractivity contribution < 1.29 is 4.74 Å². The van der Waals surface area contributed by atoms with Crippen LogP contribution in [0.15, 0.2) is 146 Å². The van der Waals surface area contributed by atoms with Crippen molar-refractivity contribution in [3.05, 3.63) is 185 Å². The van der Waals surface area contributed by atoms with E-state index in [0.29, 0.717) is 0 Å². The summed E-state index contributed by atoms with van der Waals surface area (Å²) in [5, 5.41) is 0. The van der Waals surface area contributed by atoms with E-state index in [1.165, 1.54) is 33.4 Å². The smallest absolute Gasteiger partial charge is 0.131 e. The molecule has 9 rings (SSSR count). The van der Waals surface area contributed by atoms with Gasteiger partial charge in [-0.05, 0) is 93.5 Å². The van der Waals surface area contributed by atoms with Gasteiger partial charge in [0.05, 0.1) is 11.4 Å². The van der Waals surface area contributed by atoms with Gasteiger partial charge in [0.1, 0.15) is 11.5 Å². The first kappa shape index (κ1) is 30.2. The summed E-state index contributed by atoms with van der Waals surface area (Å²) >= 11 is 0. The minimum atomic E-state index is -0.312. The largest absolute Gasteiger partial charge is 0.457 e. The Morgan fingerprint density at radius 1 is 0.480 bits per heavy atom. The van der Waals surface area contributed by atoms with Crippen LogP contribution in [0.1, 0.15) is 72.6 Å². The zero-order chi connectivity index (χ0) is 34.0. The number of pyridine rings is 3. The molecule has 0 bridgehead atoms. The second kappa shape index (κ2) is 11.3. The number of aromatic nitrogens is 3. The van der Waals surface area contributed by atoms with E-state index in [9.17, 15) is 0 Å². The molecule has 50 heavy (non-hydrogen) atoms. The van der Waals surface area contributed by atoms with Crippen LogP contribution in [0.25, 0.3) is 33.6 Å². The third-order valence-electron chi connectivity index (χ3n) is 10.8. The molecule has 0 fully saturated rings. The van der Waals surface area contributed by atoms with E-state index >= 15 is 0 Å². The van der Waals surface area contributed by atoms with E-state index in [2.05, 4.69) is 147 Å². The second-order valence-corrected chi connectivity index (χ2v) is 14.5. The summed E-state index contributed by atoms with van der Waals surface area (Å²) in [6.07, 6.45) is 7.30. The molecular weight excluding hydrogens is 611 g/mol. The Kier molecular flexibility index (Phi) is 6.86. The third kappa shape index (κ3) is 4.78. The maximum Gasteiger partial charge on any atom is 0.131 e. The molecule has 4 aromatic carbocycles. The molecule has 1 aliphatic heterocycles. The molecule has 4 heteroatoms. The highest BCUT2D eigenvalue weighted by Crippen LogP contribution is 2.53. The Bertz CT molecular complexity index is 2310. The molecule has 1 aliphatic carbocycles. The van der Waals surface area contributed by atoms with Gasteiger partial charge in [-0.2, -0.15) is 0 Å². The van der Waals surface area contributed by atoms with Crippen LogP contribution in [-0.4, -0.2) is 15.0 Å². The number of fused-ring (bicyclic) bond motifs is 4. The van der Waals surface area contributed by atoms with Crippen molar-refractivity contribution >= 4 is 0 Å². The average Bonchev–Trinajstić information content (AvgIpc) is 3.16. The van der Waals surface area contributed by atoms with Crippen LogP contribution >= 0.6 is 0 Å². The van der Waals surface area contributed by atoms with Crippen molar-refractivity contribution in [1.29, 1.82) is 0 Å². The Balaban J connectivity index is 1.16. The minimum absolute atomic E-state index is 0.0731. The molecule has 0 spiro atoms. The minimum Gasteiger partial charge on any atom is -0.457 e. The van der Waals surface area contributed by atoms with Crippen molar-refractivity contribution in [1.82, 2.24) is 15.0 Å². The summed E-state index contributed by atoms with van der Waals surface area (Å²) in [5.41, 5.74) is 14.6. The van der Waals surface area contributed by atoms with E-state index in [4.69, 9.17) is 9.72 Å².